The highest BCUT2D eigenvalue weighted by atomic mass is 19.4. The van der Waals surface area contributed by atoms with Crippen molar-refractivity contribution in [2.45, 2.75) is 38.6 Å². The van der Waals surface area contributed by atoms with Gasteiger partial charge in [-0.2, -0.15) is 13.2 Å². The molecule has 1 aromatic heterocycles. The minimum Gasteiger partial charge on any atom is -0.488 e. The van der Waals surface area contributed by atoms with Crippen LogP contribution in [0, 0.1) is 5.92 Å². The van der Waals surface area contributed by atoms with E-state index in [0.29, 0.717) is 12.3 Å². The fourth-order valence-corrected chi connectivity index (χ4v) is 2.62. The summed E-state index contributed by atoms with van der Waals surface area (Å²) < 4.78 is 46.0. The molecule has 1 aromatic carbocycles. The van der Waals surface area contributed by atoms with Crippen LogP contribution >= 0.6 is 0 Å². The van der Waals surface area contributed by atoms with E-state index in [-0.39, 0.29) is 30.5 Å². The van der Waals surface area contributed by atoms with Crippen molar-refractivity contribution in [1.82, 2.24) is 10.3 Å². The predicted octanol–water partition coefficient (Wildman–Crippen LogP) is 4.10. The zero-order valence-electron chi connectivity index (χ0n) is 14.1. The Labute approximate surface area is 149 Å². The molecule has 2 aromatic rings. The number of aromatic nitrogens is 1. The van der Waals surface area contributed by atoms with Crippen LogP contribution in [0.15, 0.2) is 42.6 Å². The number of benzene rings is 1. The highest BCUT2D eigenvalue weighted by Gasteiger charge is 2.38. The van der Waals surface area contributed by atoms with Crippen molar-refractivity contribution >= 4 is 5.91 Å². The van der Waals surface area contributed by atoms with Gasteiger partial charge in [-0.15, -0.1) is 0 Å². The first-order chi connectivity index (χ1) is 12.4. The number of hydrogen-bond donors (Lipinski definition) is 1. The lowest BCUT2D eigenvalue weighted by Gasteiger charge is -2.17. The van der Waals surface area contributed by atoms with E-state index in [2.05, 4.69) is 10.3 Å². The number of pyridine rings is 1. The van der Waals surface area contributed by atoms with Gasteiger partial charge in [-0.05, 0) is 30.4 Å². The Bertz CT molecular complexity index is 759. The number of carbonyl (C=O) groups excluding carboxylic acids is 1. The molecule has 0 atom stereocenters. The summed E-state index contributed by atoms with van der Waals surface area (Å²) in [5.41, 5.74) is -0.424. The maximum absolute atomic E-state index is 13.5. The van der Waals surface area contributed by atoms with Gasteiger partial charge in [0.1, 0.15) is 17.9 Å². The SMILES string of the molecule is O=C(CC1CC1)NCc1nccc(OCc2ccccc2)c1C(F)(F)F. The third kappa shape index (κ3) is 4.97. The van der Waals surface area contributed by atoms with Crippen molar-refractivity contribution in [2.24, 2.45) is 5.92 Å². The number of ether oxygens (including phenoxy) is 1. The molecule has 1 aliphatic carbocycles. The molecule has 7 heteroatoms. The van der Waals surface area contributed by atoms with Crippen LogP contribution in [0.2, 0.25) is 0 Å². The van der Waals surface area contributed by atoms with Gasteiger partial charge in [0, 0.05) is 12.6 Å². The van der Waals surface area contributed by atoms with Crippen LogP contribution < -0.4 is 10.1 Å². The monoisotopic (exact) mass is 364 g/mol. The number of rotatable bonds is 7. The van der Waals surface area contributed by atoms with Crippen molar-refractivity contribution in [3.8, 4) is 5.75 Å². The fraction of sp³-hybridized carbons (Fsp3) is 0.368. The van der Waals surface area contributed by atoms with Gasteiger partial charge in [-0.1, -0.05) is 30.3 Å². The molecule has 3 rings (SSSR count). The fourth-order valence-electron chi connectivity index (χ4n) is 2.62. The largest absolute Gasteiger partial charge is 0.488 e. The Morgan fingerprint density at radius 1 is 1.19 bits per heavy atom. The number of nitrogens with zero attached hydrogens (tertiary/aromatic N) is 1. The Balaban J connectivity index is 1.74. The van der Waals surface area contributed by atoms with E-state index in [1.54, 1.807) is 24.3 Å². The van der Waals surface area contributed by atoms with E-state index < -0.39 is 11.7 Å². The quantitative estimate of drug-likeness (QED) is 0.805. The molecule has 26 heavy (non-hydrogen) atoms. The molecule has 1 heterocycles. The minimum absolute atomic E-state index is 0.0153. The predicted molar refractivity (Wildman–Crippen MR) is 89.2 cm³/mol. The molecule has 1 N–H and O–H groups in total. The van der Waals surface area contributed by atoms with Gasteiger partial charge >= 0.3 is 6.18 Å². The number of alkyl halides is 3. The van der Waals surface area contributed by atoms with Gasteiger partial charge in [0.15, 0.2) is 0 Å². The Hall–Kier alpha value is -2.57. The Kier molecular flexibility index (Phi) is 5.44. The van der Waals surface area contributed by atoms with E-state index in [1.165, 1.54) is 12.3 Å². The molecule has 0 bridgehead atoms. The number of amides is 1. The van der Waals surface area contributed by atoms with E-state index in [4.69, 9.17) is 4.74 Å². The summed E-state index contributed by atoms with van der Waals surface area (Å²) >= 11 is 0. The van der Waals surface area contributed by atoms with Gasteiger partial charge in [-0.3, -0.25) is 9.78 Å². The van der Waals surface area contributed by atoms with Crippen molar-refractivity contribution in [3.63, 3.8) is 0 Å². The average molecular weight is 364 g/mol. The second kappa shape index (κ2) is 7.76. The van der Waals surface area contributed by atoms with Crippen molar-refractivity contribution in [3.05, 3.63) is 59.4 Å². The molecule has 0 radical (unpaired) electrons. The van der Waals surface area contributed by atoms with Crippen LogP contribution in [0.4, 0.5) is 13.2 Å². The Morgan fingerprint density at radius 2 is 1.92 bits per heavy atom. The van der Waals surface area contributed by atoms with Crippen LogP contribution in [0.1, 0.15) is 36.1 Å². The summed E-state index contributed by atoms with van der Waals surface area (Å²) in [4.78, 5) is 15.6. The third-order valence-electron chi connectivity index (χ3n) is 4.14. The molecule has 138 valence electrons. The maximum atomic E-state index is 13.5. The molecular weight excluding hydrogens is 345 g/mol. The maximum Gasteiger partial charge on any atom is 0.421 e. The van der Waals surface area contributed by atoms with E-state index in [0.717, 1.165) is 18.4 Å². The summed E-state index contributed by atoms with van der Waals surface area (Å²) in [5, 5.41) is 2.53. The number of carbonyl (C=O) groups is 1. The van der Waals surface area contributed by atoms with Gasteiger partial charge in [0.05, 0.1) is 12.2 Å². The first-order valence-corrected chi connectivity index (χ1v) is 8.42. The molecule has 0 unspecified atom stereocenters. The van der Waals surface area contributed by atoms with Gasteiger partial charge in [0.2, 0.25) is 5.91 Å². The summed E-state index contributed by atoms with van der Waals surface area (Å²) in [7, 11) is 0. The smallest absolute Gasteiger partial charge is 0.421 e. The number of halogens is 3. The first kappa shape index (κ1) is 18.2. The molecule has 1 amide bonds. The molecule has 1 fully saturated rings. The normalized spacial score (nSPS) is 14.1. The van der Waals surface area contributed by atoms with E-state index in [9.17, 15) is 18.0 Å². The minimum atomic E-state index is -4.63. The van der Waals surface area contributed by atoms with Crippen LogP contribution in [0.3, 0.4) is 0 Å². The summed E-state index contributed by atoms with van der Waals surface area (Å²) in [6.07, 6.45) is -1.01. The molecule has 0 saturated heterocycles. The second-order valence-electron chi connectivity index (χ2n) is 6.33. The Morgan fingerprint density at radius 3 is 2.58 bits per heavy atom. The highest BCUT2D eigenvalue weighted by molar-refractivity contribution is 5.76. The number of hydrogen-bond acceptors (Lipinski definition) is 3. The lowest BCUT2D eigenvalue weighted by molar-refractivity contribution is -0.140. The zero-order chi connectivity index (χ0) is 18.6. The van der Waals surface area contributed by atoms with Crippen LogP contribution in [-0.2, 0) is 24.1 Å². The zero-order valence-corrected chi connectivity index (χ0v) is 14.1. The lowest BCUT2D eigenvalue weighted by Crippen LogP contribution is -2.25. The number of nitrogens with one attached hydrogen (secondary N) is 1. The van der Waals surface area contributed by atoms with Crippen molar-refractivity contribution < 1.29 is 22.7 Å². The lowest BCUT2D eigenvalue weighted by atomic mass is 10.1. The molecule has 0 aliphatic heterocycles. The second-order valence-corrected chi connectivity index (χ2v) is 6.33. The van der Waals surface area contributed by atoms with Crippen LogP contribution in [0.5, 0.6) is 5.75 Å². The molecule has 1 saturated carbocycles. The first-order valence-electron chi connectivity index (χ1n) is 8.42. The van der Waals surface area contributed by atoms with Gasteiger partial charge in [-0.25, -0.2) is 0 Å². The van der Waals surface area contributed by atoms with Crippen molar-refractivity contribution in [2.75, 3.05) is 0 Å². The van der Waals surface area contributed by atoms with Gasteiger partial charge in [0.25, 0.3) is 0 Å². The molecule has 0 spiro atoms. The summed E-state index contributed by atoms with van der Waals surface area (Å²) in [5.74, 6) is -0.175. The van der Waals surface area contributed by atoms with E-state index >= 15 is 0 Å². The molecular formula is C19H19F3N2O2. The summed E-state index contributed by atoms with van der Waals surface area (Å²) in [6, 6.07) is 10.1. The third-order valence-corrected chi connectivity index (χ3v) is 4.14. The van der Waals surface area contributed by atoms with E-state index in [1.807, 2.05) is 6.07 Å². The topological polar surface area (TPSA) is 51.2 Å². The standard InChI is InChI=1S/C19H19F3N2O2/c20-19(21,22)18-15(11-24-17(25)10-13-6-7-13)23-9-8-16(18)26-12-14-4-2-1-3-5-14/h1-5,8-9,13H,6-7,10-12H2,(H,24,25). The van der Waals surface area contributed by atoms with Gasteiger partial charge < -0.3 is 10.1 Å². The summed E-state index contributed by atoms with van der Waals surface area (Å²) in [6.45, 7) is -0.260. The molecule has 4 nitrogen and oxygen atoms in total. The van der Waals surface area contributed by atoms with Crippen molar-refractivity contribution in [1.29, 1.82) is 0 Å². The average Bonchev–Trinajstić information content (AvgIpc) is 3.42. The van der Waals surface area contributed by atoms with Crippen LogP contribution in [0.25, 0.3) is 0 Å². The van der Waals surface area contributed by atoms with Crippen LogP contribution in [-0.4, -0.2) is 10.9 Å². The highest BCUT2D eigenvalue weighted by Crippen LogP contribution is 2.38. The molecule has 1 aliphatic rings.